The first kappa shape index (κ1) is 12.0. The van der Waals surface area contributed by atoms with Gasteiger partial charge in [0.25, 0.3) is 0 Å². The highest BCUT2D eigenvalue weighted by atomic mass is 15.2. The molecule has 1 saturated heterocycles. The summed E-state index contributed by atoms with van der Waals surface area (Å²) in [5.41, 5.74) is 5.79. The smallest absolute Gasteiger partial charge is 0.0342 e. The van der Waals surface area contributed by atoms with Gasteiger partial charge in [0.1, 0.15) is 0 Å². The van der Waals surface area contributed by atoms with E-state index in [0.717, 1.165) is 19.0 Å². The van der Waals surface area contributed by atoms with Crippen LogP contribution in [0.3, 0.4) is 0 Å². The molecule has 0 aromatic heterocycles. The molecule has 0 amide bonds. The number of hydrogen-bond acceptors (Lipinski definition) is 3. The van der Waals surface area contributed by atoms with Crippen molar-refractivity contribution in [3.05, 3.63) is 0 Å². The molecule has 1 fully saturated rings. The summed E-state index contributed by atoms with van der Waals surface area (Å²) in [5.74, 6) is 0.761. The van der Waals surface area contributed by atoms with Crippen LogP contribution in [0.15, 0.2) is 0 Å². The Kier molecular flexibility index (Phi) is 4.85. The zero-order valence-corrected chi connectivity index (χ0v) is 9.87. The van der Waals surface area contributed by atoms with Crippen LogP contribution in [-0.4, -0.2) is 55.6 Å². The lowest BCUT2D eigenvalue weighted by Gasteiger charge is -2.28. The lowest BCUT2D eigenvalue weighted by atomic mass is 10.2. The molecule has 0 aromatic carbocycles. The number of nitrogens with zero attached hydrogens (tertiary/aromatic N) is 2. The molecule has 0 aliphatic carbocycles. The molecule has 14 heavy (non-hydrogen) atoms. The summed E-state index contributed by atoms with van der Waals surface area (Å²) >= 11 is 0. The fraction of sp³-hybridized carbons (Fsp3) is 1.00. The molecule has 1 unspecified atom stereocenters. The van der Waals surface area contributed by atoms with Crippen LogP contribution in [0.25, 0.3) is 0 Å². The average molecular weight is 199 g/mol. The van der Waals surface area contributed by atoms with Gasteiger partial charge >= 0.3 is 0 Å². The summed E-state index contributed by atoms with van der Waals surface area (Å²) in [5, 5.41) is 0. The molecule has 1 atom stereocenters. The van der Waals surface area contributed by atoms with E-state index in [2.05, 4.69) is 30.7 Å². The molecule has 0 saturated carbocycles. The van der Waals surface area contributed by atoms with Crippen molar-refractivity contribution in [3.8, 4) is 0 Å². The van der Waals surface area contributed by atoms with E-state index in [4.69, 9.17) is 5.73 Å². The first-order valence-electron chi connectivity index (χ1n) is 5.76. The Labute approximate surface area is 88.2 Å². The summed E-state index contributed by atoms with van der Waals surface area (Å²) in [7, 11) is 2.19. The minimum atomic E-state index is 0.552. The molecule has 3 nitrogen and oxygen atoms in total. The van der Waals surface area contributed by atoms with Gasteiger partial charge in [0.2, 0.25) is 0 Å². The van der Waals surface area contributed by atoms with Crippen molar-refractivity contribution in [2.75, 3.05) is 39.8 Å². The Morgan fingerprint density at radius 3 is 2.64 bits per heavy atom. The van der Waals surface area contributed by atoms with Crippen LogP contribution < -0.4 is 5.73 Å². The predicted molar refractivity (Wildman–Crippen MR) is 61.4 cm³/mol. The first-order valence-corrected chi connectivity index (χ1v) is 5.76. The van der Waals surface area contributed by atoms with E-state index in [1.54, 1.807) is 0 Å². The second-order valence-electron chi connectivity index (χ2n) is 4.88. The molecule has 0 aromatic rings. The Bertz CT molecular complexity index is 159. The number of likely N-dealkylation sites (N-methyl/N-ethyl adjacent to an activating group) is 1. The van der Waals surface area contributed by atoms with Crippen LogP contribution in [0.1, 0.15) is 20.3 Å². The zero-order chi connectivity index (χ0) is 10.6. The van der Waals surface area contributed by atoms with Gasteiger partial charge in [-0.1, -0.05) is 13.8 Å². The van der Waals surface area contributed by atoms with Gasteiger partial charge in [-0.05, 0) is 32.5 Å². The fourth-order valence-electron chi connectivity index (χ4n) is 2.19. The summed E-state index contributed by atoms with van der Waals surface area (Å²) in [6.45, 7) is 10.1. The van der Waals surface area contributed by atoms with Crippen LogP contribution in [0.4, 0.5) is 0 Å². The van der Waals surface area contributed by atoms with Crippen molar-refractivity contribution in [1.29, 1.82) is 0 Å². The standard InChI is InChI=1S/C11H25N3/c1-10(2)8-14-6-4-5-13(3)11(7-12)9-14/h10-11H,4-9,12H2,1-3H3. The molecule has 0 spiro atoms. The molecular weight excluding hydrogens is 174 g/mol. The molecule has 1 rings (SSSR count). The van der Waals surface area contributed by atoms with Gasteiger partial charge in [0.15, 0.2) is 0 Å². The van der Waals surface area contributed by atoms with Gasteiger partial charge in [-0.2, -0.15) is 0 Å². The van der Waals surface area contributed by atoms with Gasteiger partial charge in [0, 0.05) is 25.7 Å². The zero-order valence-electron chi connectivity index (χ0n) is 9.87. The van der Waals surface area contributed by atoms with Gasteiger partial charge in [-0.15, -0.1) is 0 Å². The van der Waals surface area contributed by atoms with Gasteiger partial charge in [-0.25, -0.2) is 0 Å². The Morgan fingerprint density at radius 1 is 1.36 bits per heavy atom. The quantitative estimate of drug-likeness (QED) is 0.723. The van der Waals surface area contributed by atoms with E-state index >= 15 is 0 Å². The van der Waals surface area contributed by atoms with Crippen LogP contribution in [0.5, 0.6) is 0 Å². The van der Waals surface area contributed by atoms with Crippen LogP contribution >= 0.6 is 0 Å². The second kappa shape index (κ2) is 5.69. The normalized spacial score (nSPS) is 26.8. The maximum atomic E-state index is 5.79. The Hall–Kier alpha value is -0.120. The largest absolute Gasteiger partial charge is 0.329 e. The van der Waals surface area contributed by atoms with Crippen molar-refractivity contribution in [2.45, 2.75) is 26.3 Å². The monoisotopic (exact) mass is 199 g/mol. The molecule has 3 heteroatoms. The lowest BCUT2D eigenvalue weighted by Crippen LogP contribution is -2.44. The summed E-state index contributed by atoms with van der Waals surface area (Å²) in [6.07, 6.45) is 1.28. The maximum absolute atomic E-state index is 5.79. The highest BCUT2D eigenvalue weighted by Crippen LogP contribution is 2.09. The highest BCUT2D eigenvalue weighted by Gasteiger charge is 2.21. The van der Waals surface area contributed by atoms with Crippen molar-refractivity contribution < 1.29 is 0 Å². The number of rotatable bonds is 3. The van der Waals surface area contributed by atoms with Gasteiger partial charge in [-0.3, -0.25) is 0 Å². The average Bonchev–Trinajstić information content (AvgIpc) is 2.27. The van der Waals surface area contributed by atoms with Crippen LogP contribution in [-0.2, 0) is 0 Å². The molecule has 1 aliphatic rings. The first-order chi connectivity index (χ1) is 6.63. The van der Waals surface area contributed by atoms with E-state index in [9.17, 15) is 0 Å². The van der Waals surface area contributed by atoms with Crippen molar-refractivity contribution in [3.63, 3.8) is 0 Å². The molecular formula is C11H25N3. The lowest BCUT2D eigenvalue weighted by molar-refractivity contribution is 0.199. The molecule has 0 bridgehead atoms. The van der Waals surface area contributed by atoms with Gasteiger partial charge in [0.05, 0.1) is 0 Å². The van der Waals surface area contributed by atoms with E-state index in [1.165, 1.54) is 26.1 Å². The third kappa shape index (κ3) is 3.56. The van der Waals surface area contributed by atoms with E-state index < -0.39 is 0 Å². The molecule has 84 valence electrons. The SMILES string of the molecule is CC(C)CN1CCCN(C)C(CN)C1. The predicted octanol–water partition coefficient (Wildman–Crippen LogP) is 0.607. The van der Waals surface area contributed by atoms with Crippen molar-refractivity contribution in [1.82, 2.24) is 9.80 Å². The minimum absolute atomic E-state index is 0.552. The molecule has 2 N–H and O–H groups in total. The summed E-state index contributed by atoms with van der Waals surface area (Å²) in [6, 6.07) is 0.552. The Morgan fingerprint density at radius 2 is 2.07 bits per heavy atom. The third-order valence-electron chi connectivity index (χ3n) is 2.97. The topological polar surface area (TPSA) is 32.5 Å². The molecule has 0 radical (unpaired) electrons. The Balaban J connectivity index is 2.45. The van der Waals surface area contributed by atoms with E-state index in [1.807, 2.05) is 0 Å². The van der Waals surface area contributed by atoms with Crippen LogP contribution in [0, 0.1) is 5.92 Å². The summed E-state index contributed by atoms with van der Waals surface area (Å²) < 4.78 is 0. The van der Waals surface area contributed by atoms with Gasteiger partial charge < -0.3 is 15.5 Å². The van der Waals surface area contributed by atoms with E-state index in [0.29, 0.717) is 6.04 Å². The molecule has 1 aliphatic heterocycles. The van der Waals surface area contributed by atoms with Crippen molar-refractivity contribution >= 4 is 0 Å². The molecule has 1 heterocycles. The van der Waals surface area contributed by atoms with Crippen LogP contribution in [0.2, 0.25) is 0 Å². The minimum Gasteiger partial charge on any atom is -0.329 e. The van der Waals surface area contributed by atoms with Crippen molar-refractivity contribution in [2.24, 2.45) is 11.7 Å². The number of nitrogens with two attached hydrogens (primary N) is 1. The highest BCUT2D eigenvalue weighted by molar-refractivity contribution is 4.78. The third-order valence-corrected chi connectivity index (χ3v) is 2.97. The second-order valence-corrected chi connectivity index (χ2v) is 4.88. The summed E-state index contributed by atoms with van der Waals surface area (Å²) in [4.78, 5) is 4.96. The maximum Gasteiger partial charge on any atom is 0.0342 e. The fourth-order valence-corrected chi connectivity index (χ4v) is 2.19. The van der Waals surface area contributed by atoms with E-state index in [-0.39, 0.29) is 0 Å². The number of hydrogen-bond donors (Lipinski definition) is 1.